The molecule has 0 unspecified atom stereocenters. The largest absolute Gasteiger partial charge is 0.478 e. The van der Waals surface area contributed by atoms with Gasteiger partial charge in [0.05, 0.1) is 11.1 Å². The summed E-state index contributed by atoms with van der Waals surface area (Å²) in [4.78, 5) is 25.3. The highest BCUT2D eigenvalue weighted by Crippen LogP contribution is 2.50. The number of hydrogen-bond acceptors (Lipinski definition) is 3. The smallest absolute Gasteiger partial charge is 0.335 e. The molecule has 0 aliphatic heterocycles. The first kappa shape index (κ1) is 11.6. The van der Waals surface area contributed by atoms with Gasteiger partial charge in [0.25, 0.3) is 0 Å². The Hall–Kier alpha value is -1.93. The first-order valence-corrected chi connectivity index (χ1v) is 5.44. The van der Waals surface area contributed by atoms with E-state index >= 15 is 0 Å². The lowest BCUT2D eigenvalue weighted by Gasteiger charge is -2.14. The van der Waals surface area contributed by atoms with Crippen LogP contribution < -0.4 is 0 Å². The molecule has 1 aliphatic rings. The fraction of sp³-hybridized carbons (Fsp3) is 0.385. The second-order valence-corrected chi connectivity index (χ2v) is 4.52. The van der Waals surface area contributed by atoms with Crippen LogP contribution in [0.2, 0.25) is 0 Å². The predicted molar refractivity (Wildman–Crippen MR) is 61.9 cm³/mol. The van der Waals surface area contributed by atoms with Crippen LogP contribution in [-0.2, 0) is 10.3 Å². The van der Waals surface area contributed by atoms with E-state index in [1.165, 1.54) is 0 Å². The van der Waals surface area contributed by atoms with Gasteiger partial charge >= 0.3 is 5.97 Å². The molecule has 2 rings (SSSR count). The Balaban J connectivity index is 2.59. The number of rotatable bonds is 3. The van der Waals surface area contributed by atoms with Gasteiger partial charge in [-0.25, -0.2) is 9.59 Å². The average Bonchev–Trinajstić information content (AvgIpc) is 2.98. The predicted octanol–water partition coefficient (Wildman–Crippen LogP) is 2.33. The number of isocyanates is 1. The highest BCUT2D eigenvalue weighted by molar-refractivity contribution is 5.89. The highest BCUT2D eigenvalue weighted by atomic mass is 16.4. The number of aromatic carboxylic acids is 1. The number of nitrogens with zero attached hydrogens (tertiary/aromatic N) is 1. The topological polar surface area (TPSA) is 66.7 Å². The highest BCUT2D eigenvalue weighted by Gasteiger charge is 2.46. The van der Waals surface area contributed by atoms with Gasteiger partial charge in [-0.05, 0) is 49.4 Å². The Labute approximate surface area is 99.0 Å². The summed E-state index contributed by atoms with van der Waals surface area (Å²) >= 11 is 0. The minimum atomic E-state index is -0.949. The molecule has 0 bridgehead atoms. The molecule has 0 saturated heterocycles. The van der Waals surface area contributed by atoms with Gasteiger partial charge in [-0.2, -0.15) is 4.99 Å². The molecular weight excluding hydrogens is 218 g/mol. The first-order chi connectivity index (χ1) is 8.00. The third-order valence-corrected chi connectivity index (χ3v) is 3.29. The van der Waals surface area contributed by atoms with Crippen molar-refractivity contribution < 1.29 is 14.7 Å². The van der Waals surface area contributed by atoms with Crippen molar-refractivity contribution in [3.63, 3.8) is 0 Å². The summed E-state index contributed by atoms with van der Waals surface area (Å²) in [5.41, 5.74) is 2.31. The molecule has 1 N–H and O–H groups in total. The van der Waals surface area contributed by atoms with Crippen LogP contribution in [0.25, 0.3) is 0 Å². The van der Waals surface area contributed by atoms with Crippen molar-refractivity contribution in [3.05, 3.63) is 34.4 Å². The number of carboxylic acids is 1. The minimum absolute atomic E-state index is 0.276. The summed E-state index contributed by atoms with van der Waals surface area (Å²) in [7, 11) is 0. The van der Waals surface area contributed by atoms with E-state index in [2.05, 4.69) is 4.99 Å². The van der Waals surface area contributed by atoms with Gasteiger partial charge in [-0.1, -0.05) is 6.07 Å². The number of benzene rings is 1. The SMILES string of the molecule is Cc1cc(C)c(C2(N=C=O)CC2)cc1C(=O)O. The molecule has 0 radical (unpaired) electrons. The van der Waals surface area contributed by atoms with Crippen LogP contribution in [0.4, 0.5) is 0 Å². The van der Waals surface area contributed by atoms with Gasteiger partial charge in [0.2, 0.25) is 6.08 Å². The minimum Gasteiger partial charge on any atom is -0.478 e. The van der Waals surface area contributed by atoms with Crippen LogP contribution in [-0.4, -0.2) is 17.2 Å². The Kier molecular flexibility index (Phi) is 2.60. The third kappa shape index (κ3) is 1.87. The van der Waals surface area contributed by atoms with Crippen molar-refractivity contribution in [1.29, 1.82) is 0 Å². The zero-order valence-electron chi connectivity index (χ0n) is 9.78. The molecule has 0 atom stereocenters. The van der Waals surface area contributed by atoms with Crippen LogP contribution in [0.5, 0.6) is 0 Å². The van der Waals surface area contributed by atoms with Crippen molar-refractivity contribution in [2.45, 2.75) is 32.2 Å². The average molecular weight is 231 g/mol. The van der Waals surface area contributed by atoms with Crippen LogP contribution in [0.1, 0.15) is 39.9 Å². The number of carbonyl (C=O) groups is 1. The molecule has 1 aliphatic carbocycles. The molecule has 4 heteroatoms. The second-order valence-electron chi connectivity index (χ2n) is 4.52. The number of carbonyl (C=O) groups excluding carboxylic acids is 1. The van der Waals surface area contributed by atoms with E-state index < -0.39 is 11.5 Å². The van der Waals surface area contributed by atoms with E-state index in [0.29, 0.717) is 0 Å². The van der Waals surface area contributed by atoms with Crippen molar-refractivity contribution >= 4 is 12.0 Å². The molecule has 0 spiro atoms. The molecule has 88 valence electrons. The Morgan fingerprint density at radius 3 is 2.47 bits per heavy atom. The number of aliphatic imine (C=N–C) groups is 1. The lowest BCUT2D eigenvalue weighted by Crippen LogP contribution is -2.09. The van der Waals surface area contributed by atoms with E-state index in [1.54, 1.807) is 19.1 Å². The zero-order chi connectivity index (χ0) is 12.6. The van der Waals surface area contributed by atoms with Crippen LogP contribution in [0.3, 0.4) is 0 Å². The van der Waals surface area contributed by atoms with E-state index in [-0.39, 0.29) is 5.56 Å². The summed E-state index contributed by atoms with van der Waals surface area (Å²) in [6.07, 6.45) is 3.15. The van der Waals surface area contributed by atoms with E-state index in [1.807, 2.05) is 13.0 Å². The molecule has 17 heavy (non-hydrogen) atoms. The van der Waals surface area contributed by atoms with E-state index in [4.69, 9.17) is 5.11 Å². The molecule has 0 amide bonds. The second kappa shape index (κ2) is 3.82. The summed E-state index contributed by atoms with van der Waals surface area (Å²) in [5, 5.41) is 9.09. The van der Waals surface area contributed by atoms with Crippen LogP contribution in [0.15, 0.2) is 17.1 Å². The summed E-state index contributed by atoms with van der Waals surface area (Å²) < 4.78 is 0. The third-order valence-electron chi connectivity index (χ3n) is 3.29. The molecular formula is C13H13NO3. The Morgan fingerprint density at radius 2 is 2.00 bits per heavy atom. The molecule has 1 saturated carbocycles. The van der Waals surface area contributed by atoms with Gasteiger partial charge in [0.15, 0.2) is 0 Å². The fourth-order valence-electron chi connectivity index (χ4n) is 2.23. The first-order valence-electron chi connectivity index (χ1n) is 5.44. The molecule has 0 heterocycles. The quantitative estimate of drug-likeness (QED) is 0.641. The lowest BCUT2D eigenvalue weighted by atomic mass is 9.94. The summed E-state index contributed by atoms with van der Waals surface area (Å²) in [6.45, 7) is 3.68. The molecule has 0 aromatic heterocycles. The normalized spacial score (nSPS) is 16.1. The maximum atomic E-state index is 11.1. The zero-order valence-corrected chi connectivity index (χ0v) is 9.78. The maximum Gasteiger partial charge on any atom is 0.335 e. The van der Waals surface area contributed by atoms with Gasteiger partial charge in [-0.15, -0.1) is 0 Å². The van der Waals surface area contributed by atoms with Crippen molar-refractivity contribution in [2.24, 2.45) is 4.99 Å². The number of hydrogen-bond donors (Lipinski definition) is 1. The molecule has 4 nitrogen and oxygen atoms in total. The van der Waals surface area contributed by atoms with Gasteiger partial charge in [-0.3, -0.25) is 0 Å². The molecule has 1 aromatic carbocycles. The summed E-state index contributed by atoms with van der Waals surface area (Å²) in [5.74, 6) is -0.949. The molecule has 1 aromatic rings. The van der Waals surface area contributed by atoms with E-state index in [0.717, 1.165) is 29.5 Å². The fourth-order valence-corrected chi connectivity index (χ4v) is 2.23. The van der Waals surface area contributed by atoms with Crippen molar-refractivity contribution in [2.75, 3.05) is 0 Å². The number of aryl methyl sites for hydroxylation is 2. The van der Waals surface area contributed by atoms with Gasteiger partial charge in [0, 0.05) is 0 Å². The van der Waals surface area contributed by atoms with Crippen molar-refractivity contribution in [1.82, 2.24) is 0 Å². The molecule has 1 fully saturated rings. The van der Waals surface area contributed by atoms with Crippen LogP contribution >= 0.6 is 0 Å². The number of carboxylic acid groups (broad SMARTS) is 1. The Morgan fingerprint density at radius 1 is 1.35 bits per heavy atom. The standard InChI is InChI=1S/C13H13NO3/c1-8-5-9(2)11(6-10(8)12(16)17)13(3-4-13)14-7-15/h5-6H,3-4H2,1-2H3,(H,16,17). The Bertz CT molecular complexity index is 538. The van der Waals surface area contributed by atoms with E-state index in [9.17, 15) is 9.59 Å². The van der Waals surface area contributed by atoms with Crippen molar-refractivity contribution in [3.8, 4) is 0 Å². The summed E-state index contributed by atoms with van der Waals surface area (Å²) in [6, 6.07) is 3.47. The van der Waals surface area contributed by atoms with Gasteiger partial charge < -0.3 is 5.11 Å². The van der Waals surface area contributed by atoms with Crippen LogP contribution in [0, 0.1) is 13.8 Å². The lowest BCUT2D eigenvalue weighted by molar-refractivity contribution is 0.0696. The monoisotopic (exact) mass is 231 g/mol. The van der Waals surface area contributed by atoms with Gasteiger partial charge in [0.1, 0.15) is 0 Å². The maximum absolute atomic E-state index is 11.1.